The minimum Gasteiger partial charge on any atom is -0.392 e. The summed E-state index contributed by atoms with van der Waals surface area (Å²) in [5.41, 5.74) is 0.970. The van der Waals surface area contributed by atoms with E-state index in [9.17, 15) is 8.78 Å². The zero-order valence-corrected chi connectivity index (χ0v) is 9.58. The van der Waals surface area contributed by atoms with Gasteiger partial charge in [-0.2, -0.15) is 0 Å². The van der Waals surface area contributed by atoms with E-state index in [1.54, 1.807) is 25.2 Å². The summed E-state index contributed by atoms with van der Waals surface area (Å²) in [5, 5.41) is 8.71. The van der Waals surface area contributed by atoms with Crippen LogP contribution in [0.4, 0.5) is 8.78 Å². The number of rotatable bonds is 4. The average molecular weight is 236 g/mol. The van der Waals surface area contributed by atoms with Gasteiger partial charge in [-0.05, 0) is 30.2 Å². The van der Waals surface area contributed by atoms with Crippen LogP contribution in [0.15, 0.2) is 48.6 Å². The molecule has 0 saturated carbocycles. The van der Waals surface area contributed by atoms with Gasteiger partial charge in [0.2, 0.25) is 0 Å². The van der Waals surface area contributed by atoms with Crippen LogP contribution in [0, 0.1) is 11.6 Å². The van der Waals surface area contributed by atoms with E-state index in [1.807, 2.05) is 0 Å². The second-order valence-electron chi connectivity index (χ2n) is 3.62. The van der Waals surface area contributed by atoms with Crippen molar-refractivity contribution < 1.29 is 13.9 Å². The molecule has 1 aromatic rings. The Hall–Kier alpha value is -1.74. The van der Waals surface area contributed by atoms with E-state index in [0.29, 0.717) is 11.1 Å². The maximum Gasteiger partial charge on any atom is 0.133 e. The molecule has 0 aromatic heterocycles. The van der Waals surface area contributed by atoms with Crippen LogP contribution in [0.2, 0.25) is 0 Å². The Kier molecular flexibility index (Phi) is 4.79. The van der Waals surface area contributed by atoms with Crippen molar-refractivity contribution >= 4 is 5.57 Å². The van der Waals surface area contributed by atoms with Crippen LogP contribution < -0.4 is 0 Å². The SMILES string of the molecule is C=C(/C=C\C=C(/C)c1c(F)cccc1F)CO. The van der Waals surface area contributed by atoms with Crippen molar-refractivity contribution in [2.24, 2.45) is 0 Å². The molecule has 0 bridgehead atoms. The molecule has 0 aliphatic carbocycles. The van der Waals surface area contributed by atoms with E-state index >= 15 is 0 Å². The zero-order chi connectivity index (χ0) is 12.8. The van der Waals surface area contributed by atoms with Crippen LogP contribution in [0.1, 0.15) is 12.5 Å². The van der Waals surface area contributed by atoms with Crippen molar-refractivity contribution in [2.75, 3.05) is 6.61 Å². The first kappa shape index (κ1) is 13.3. The van der Waals surface area contributed by atoms with Gasteiger partial charge in [0.25, 0.3) is 0 Å². The van der Waals surface area contributed by atoms with Crippen molar-refractivity contribution in [1.29, 1.82) is 0 Å². The van der Waals surface area contributed by atoms with E-state index in [0.717, 1.165) is 0 Å². The number of hydrogen-bond acceptors (Lipinski definition) is 1. The number of aliphatic hydroxyl groups excluding tert-OH is 1. The van der Waals surface area contributed by atoms with Crippen molar-refractivity contribution in [3.05, 3.63) is 65.8 Å². The van der Waals surface area contributed by atoms with Crippen LogP contribution in [0.5, 0.6) is 0 Å². The Bertz CT molecular complexity index is 453. The Labute approximate surface area is 99.4 Å². The molecule has 0 atom stereocenters. The Morgan fingerprint density at radius 2 is 1.94 bits per heavy atom. The standard InChI is InChI=1S/C14H14F2O/c1-10(9-17)5-3-6-11(2)14-12(15)7-4-8-13(14)16/h3-8,17H,1,9H2,2H3/b5-3-,11-6+. The van der Waals surface area contributed by atoms with Gasteiger partial charge in [-0.3, -0.25) is 0 Å². The van der Waals surface area contributed by atoms with Gasteiger partial charge in [0.05, 0.1) is 6.61 Å². The minimum atomic E-state index is -0.590. The lowest BCUT2D eigenvalue weighted by Crippen LogP contribution is -1.91. The van der Waals surface area contributed by atoms with E-state index in [1.165, 1.54) is 18.2 Å². The second kappa shape index (κ2) is 6.11. The fraction of sp³-hybridized carbons (Fsp3) is 0.143. The van der Waals surface area contributed by atoms with E-state index in [4.69, 9.17) is 5.11 Å². The maximum absolute atomic E-state index is 13.4. The lowest BCUT2D eigenvalue weighted by Gasteiger charge is -2.03. The predicted molar refractivity (Wildman–Crippen MR) is 65.4 cm³/mol. The zero-order valence-electron chi connectivity index (χ0n) is 9.58. The summed E-state index contributed by atoms with van der Waals surface area (Å²) in [5.74, 6) is -1.18. The summed E-state index contributed by atoms with van der Waals surface area (Å²) in [6, 6.07) is 3.75. The first-order valence-electron chi connectivity index (χ1n) is 5.14. The molecule has 0 aliphatic heterocycles. The number of halogens is 2. The molecule has 3 heteroatoms. The summed E-state index contributed by atoms with van der Waals surface area (Å²) in [6.45, 7) is 5.04. The summed E-state index contributed by atoms with van der Waals surface area (Å²) in [6.07, 6.45) is 4.75. The Morgan fingerprint density at radius 3 is 2.47 bits per heavy atom. The molecule has 0 amide bonds. The quantitative estimate of drug-likeness (QED) is 0.793. The maximum atomic E-state index is 13.4. The molecule has 1 aromatic carbocycles. The summed E-state index contributed by atoms with van der Waals surface area (Å²) >= 11 is 0. The Morgan fingerprint density at radius 1 is 1.35 bits per heavy atom. The largest absolute Gasteiger partial charge is 0.392 e. The van der Waals surface area contributed by atoms with Gasteiger partial charge in [-0.15, -0.1) is 0 Å². The van der Waals surface area contributed by atoms with E-state index < -0.39 is 11.6 Å². The highest BCUT2D eigenvalue weighted by atomic mass is 19.1. The van der Waals surface area contributed by atoms with Crippen molar-refractivity contribution in [2.45, 2.75) is 6.92 Å². The predicted octanol–water partition coefficient (Wildman–Crippen LogP) is 3.47. The first-order chi connectivity index (χ1) is 8.06. The van der Waals surface area contributed by atoms with Crippen LogP contribution >= 0.6 is 0 Å². The molecule has 0 aliphatic rings. The van der Waals surface area contributed by atoms with Gasteiger partial charge in [-0.25, -0.2) is 8.78 Å². The summed E-state index contributed by atoms with van der Waals surface area (Å²) in [7, 11) is 0. The van der Waals surface area contributed by atoms with Gasteiger partial charge in [0.1, 0.15) is 11.6 Å². The van der Waals surface area contributed by atoms with E-state index in [-0.39, 0.29) is 12.2 Å². The Balaban J connectivity index is 2.97. The lowest BCUT2D eigenvalue weighted by atomic mass is 10.1. The molecule has 0 spiro atoms. The van der Waals surface area contributed by atoms with Gasteiger partial charge in [-0.1, -0.05) is 30.9 Å². The number of aliphatic hydroxyl groups is 1. The third-order valence-corrected chi connectivity index (χ3v) is 2.24. The van der Waals surface area contributed by atoms with Crippen LogP contribution in [-0.2, 0) is 0 Å². The number of benzene rings is 1. The topological polar surface area (TPSA) is 20.2 Å². The molecule has 0 unspecified atom stereocenters. The normalized spacial score (nSPS) is 12.1. The molecule has 1 rings (SSSR count). The first-order valence-corrected chi connectivity index (χ1v) is 5.14. The van der Waals surface area contributed by atoms with Crippen LogP contribution in [-0.4, -0.2) is 11.7 Å². The monoisotopic (exact) mass is 236 g/mol. The summed E-state index contributed by atoms with van der Waals surface area (Å²) in [4.78, 5) is 0. The molecule has 0 radical (unpaired) electrons. The molecule has 0 heterocycles. The third-order valence-electron chi connectivity index (χ3n) is 2.24. The van der Waals surface area contributed by atoms with Crippen molar-refractivity contribution in [3.63, 3.8) is 0 Å². The van der Waals surface area contributed by atoms with Gasteiger partial charge in [0.15, 0.2) is 0 Å². The molecular weight excluding hydrogens is 222 g/mol. The minimum absolute atomic E-state index is 0.0354. The highest BCUT2D eigenvalue weighted by Crippen LogP contribution is 2.21. The van der Waals surface area contributed by atoms with Crippen molar-refractivity contribution in [1.82, 2.24) is 0 Å². The highest BCUT2D eigenvalue weighted by Gasteiger charge is 2.08. The third kappa shape index (κ3) is 3.64. The summed E-state index contributed by atoms with van der Waals surface area (Å²) < 4.78 is 26.8. The second-order valence-corrected chi connectivity index (χ2v) is 3.62. The highest BCUT2D eigenvalue weighted by molar-refractivity contribution is 5.66. The van der Waals surface area contributed by atoms with Crippen molar-refractivity contribution in [3.8, 4) is 0 Å². The number of allylic oxidation sites excluding steroid dienone is 3. The molecule has 0 saturated heterocycles. The molecule has 90 valence electrons. The lowest BCUT2D eigenvalue weighted by molar-refractivity contribution is 0.335. The van der Waals surface area contributed by atoms with Gasteiger partial charge >= 0.3 is 0 Å². The smallest absolute Gasteiger partial charge is 0.133 e. The van der Waals surface area contributed by atoms with Crippen LogP contribution in [0.3, 0.4) is 0 Å². The fourth-order valence-corrected chi connectivity index (χ4v) is 1.34. The molecule has 1 nitrogen and oxygen atoms in total. The van der Waals surface area contributed by atoms with Crippen LogP contribution in [0.25, 0.3) is 5.57 Å². The molecule has 0 fully saturated rings. The number of hydrogen-bond donors (Lipinski definition) is 1. The average Bonchev–Trinajstić information content (AvgIpc) is 2.28. The van der Waals surface area contributed by atoms with Gasteiger partial charge in [0, 0.05) is 5.56 Å². The molecule has 1 N–H and O–H groups in total. The molecule has 17 heavy (non-hydrogen) atoms. The fourth-order valence-electron chi connectivity index (χ4n) is 1.34. The van der Waals surface area contributed by atoms with E-state index in [2.05, 4.69) is 6.58 Å². The van der Waals surface area contributed by atoms with Gasteiger partial charge < -0.3 is 5.11 Å². The molecular formula is C14H14F2O.